The highest BCUT2D eigenvalue weighted by molar-refractivity contribution is 4.86. The first kappa shape index (κ1) is 13.2. The van der Waals surface area contributed by atoms with Crippen LogP contribution in [0, 0.1) is 5.41 Å². The zero-order chi connectivity index (χ0) is 11.9. The normalized spacial score (nSPS) is 14.9. The summed E-state index contributed by atoms with van der Waals surface area (Å²) in [6.45, 7) is 6.30. The number of H-pyrrole nitrogens is 1. The summed E-state index contributed by atoms with van der Waals surface area (Å²) in [4.78, 5) is 7.26. The maximum Gasteiger partial charge on any atom is 0.106 e. The predicted octanol–water partition coefficient (Wildman–Crippen LogP) is 1.34. The number of nitrogens with one attached hydrogen (secondary N) is 2. The van der Waals surface area contributed by atoms with E-state index in [0.29, 0.717) is 0 Å². The van der Waals surface area contributed by atoms with E-state index in [1.54, 1.807) is 6.20 Å². The number of hydrogen-bond donors (Lipinski definition) is 3. The summed E-state index contributed by atoms with van der Waals surface area (Å²) >= 11 is 0. The van der Waals surface area contributed by atoms with Crippen LogP contribution >= 0.6 is 0 Å². The first-order valence-electron chi connectivity index (χ1n) is 6.00. The summed E-state index contributed by atoms with van der Waals surface area (Å²) in [6, 6.07) is 0. The minimum atomic E-state index is 0.0185. The molecule has 0 bridgehead atoms. The third kappa shape index (κ3) is 4.33. The quantitative estimate of drug-likeness (QED) is 0.585. The van der Waals surface area contributed by atoms with Crippen molar-refractivity contribution in [2.75, 3.05) is 19.7 Å². The van der Waals surface area contributed by atoms with Gasteiger partial charge in [0.15, 0.2) is 0 Å². The van der Waals surface area contributed by atoms with Gasteiger partial charge in [0.05, 0.1) is 0 Å². The van der Waals surface area contributed by atoms with Gasteiger partial charge in [0, 0.05) is 37.4 Å². The average molecular weight is 225 g/mol. The van der Waals surface area contributed by atoms with Crippen LogP contribution in [0.3, 0.4) is 0 Å². The van der Waals surface area contributed by atoms with E-state index in [-0.39, 0.29) is 12.0 Å². The molecule has 0 radical (unpaired) electrons. The van der Waals surface area contributed by atoms with E-state index in [0.717, 1.165) is 38.2 Å². The lowest BCUT2D eigenvalue weighted by atomic mass is 9.89. The number of hydrogen-bond acceptors (Lipinski definition) is 3. The molecule has 16 heavy (non-hydrogen) atoms. The number of aliphatic hydroxyl groups excluding tert-OH is 1. The number of aromatic nitrogens is 2. The summed E-state index contributed by atoms with van der Waals surface area (Å²) in [5.41, 5.74) is 0.0185. The molecule has 0 saturated carbocycles. The number of nitrogens with zero attached hydrogens (tertiary/aromatic N) is 1. The molecule has 0 amide bonds. The van der Waals surface area contributed by atoms with Crippen LogP contribution in [0.2, 0.25) is 0 Å². The van der Waals surface area contributed by atoms with Gasteiger partial charge in [0.25, 0.3) is 0 Å². The van der Waals surface area contributed by atoms with E-state index in [1.165, 1.54) is 0 Å². The van der Waals surface area contributed by atoms with Gasteiger partial charge in [-0.1, -0.05) is 13.8 Å². The first-order valence-corrected chi connectivity index (χ1v) is 6.00. The molecule has 4 heteroatoms. The topological polar surface area (TPSA) is 60.9 Å². The van der Waals surface area contributed by atoms with Gasteiger partial charge in [-0.05, 0) is 19.4 Å². The Kier molecular flexibility index (Phi) is 5.49. The summed E-state index contributed by atoms with van der Waals surface area (Å²) in [5, 5.41) is 12.6. The van der Waals surface area contributed by atoms with Crippen LogP contribution in [-0.2, 0) is 6.42 Å². The Balaban J connectivity index is 2.08. The summed E-state index contributed by atoms with van der Waals surface area (Å²) in [7, 11) is 0. The van der Waals surface area contributed by atoms with Crippen molar-refractivity contribution >= 4 is 0 Å². The summed E-state index contributed by atoms with van der Waals surface area (Å²) in [5.74, 6) is 1.04. The van der Waals surface area contributed by atoms with Crippen LogP contribution < -0.4 is 5.32 Å². The minimum absolute atomic E-state index is 0.0185. The molecule has 1 aromatic heterocycles. The van der Waals surface area contributed by atoms with Crippen LogP contribution in [0.25, 0.3) is 0 Å². The number of aliphatic hydroxyl groups is 1. The first-order chi connectivity index (χ1) is 7.70. The Morgan fingerprint density at radius 2 is 2.38 bits per heavy atom. The molecule has 0 saturated heterocycles. The van der Waals surface area contributed by atoms with E-state index in [4.69, 9.17) is 0 Å². The predicted molar refractivity (Wildman–Crippen MR) is 65.3 cm³/mol. The third-order valence-corrected chi connectivity index (χ3v) is 3.11. The maximum absolute atomic E-state index is 9.24. The van der Waals surface area contributed by atoms with Crippen molar-refractivity contribution in [3.63, 3.8) is 0 Å². The Hall–Kier alpha value is -0.870. The molecule has 1 aromatic rings. The monoisotopic (exact) mass is 225 g/mol. The number of imidazole rings is 1. The molecule has 4 nitrogen and oxygen atoms in total. The molecular formula is C12H23N3O. The van der Waals surface area contributed by atoms with Gasteiger partial charge in [-0.3, -0.25) is 0 Å². The molecule has 1 rings (SSSR count). The minimum Gasteiger partial charge on any atom is -0.396 e. The fraction of sp³-hybridized carbons (Fsp3) is 0.750. The molecule has 0 aliphatic rings. The number of aromatic amines is 1. The zero-order valence-electron chi connectivity index (χ0n) is 10.3. The molecule has 3 N–H and O–H groups in total. The molecule has 1 atom stereocenters. The highest BCUT2D eigenvalue weighted by Gasteiger charge is 2.19. The van der Waals surface area contributed by atoms with Gasteiger partial charge >= 0.3 is 0 Å². The lowest BCUT2D eigenvalue weighted by Crippen LogP contribution is -2.34. The Labute approximate surface area is 97.5 Å². The van der Waals surface area contributed by atoms with Crippen molar-refractivity contribution in [2.24, 2.45) is 5.41 Å². The molecule has 0 aromatic carbocycles. The Morgan fingerprint density at radius 1 is 1.56 bits per heavy atom. The Bertz CT molecular complexity index is 268. The highest BCUT2D eigenvalue weighted by Crippen LogP contribution is 2.18. The standard InChI is InChI=1S/C12H23N3O/c1-3-12(2,10-16)9-13-6-4-5-11-14-7-8-15-11/h7-8,13,16H,3-6,9-10H2,1-2H3,(H,14,15). The van der Waals surface area contributed by atoms with Gasteiger partial charge in [0.1, 0.15) is 5.82 Å². The molecule has 1 unspecified atom stereocenters. The van der Waals surface area contributed by atoms with Gasteiger partial charge < -0.3 is 15.4 Å². The maximum atomic E-state index is 9.24. The van der Waals surface area contributed by atoms with E-state index in [2.05, 4.69) is 29.1 Å². The van der Waals surface area contributed by atoms with Gasteiger partial charge in [-0.25, -0.2) is 4.98 Å². The number of rotatable bonds is 8. The largest absolute Gasteiger partial charge is 0.396 e. The Morgan fingerprint density at radius 3 is 2.94 bits per heavy atom. The molecule has 92 valence electrons. The number of aryl methyl sites for hydroxylation is 1. The van der Waals surface area contributed by atoms with Crippen LogP contribution in [0.1, 0.15) is 32.5 Å². The molecule has 1 heterocycles. The lowest BCUT2D eigenvalue weighted by Gasteiger charge is -2.25. The van der Waals surface area contributed by atoms with Gasteiger partial charge in [-0.15, -0.1) is 0 Å². The van der Waals surface area contributed by atoms with Crippen molar-refractivity contribution in [2.45, 2.75) is 33.1 Å². The van der Waals surface area contributed by atoms with Crippen LogP contribution in [0.15, 0.2) is 12.4 Å². The van der Waals surface area contributed by atoms with Crippen LogP contribution in [0.5, 0.6) is 0 Å². The smallest absolute Gasteiger partial charge is 0.106 e. The van der Waals surface area contributed by atoms with Crippen molar-refractivity contribution in [3.8, 4) is 0 Å². The van der Waals surface area contributed by atoms with Gasteiger partial charge in [-0.2, -0.15) is 0 Å². The molecule has 0 spiro atoms. The fourth-order valence-corrected chi connectivity index (χ4v) is 1.50. The van der Waals surface area contributed by atoms with Crippen molar-refractivity contribution in [3.05, 3.63) is 18.2 Å². The van der Waals surface area contributed by atoms with Gasteiger partial charge in [0.2, 0.25) is 0 Å². The molecular weight excluding hydrogens is 202 g/mol. The molecule has 0 aliphatic carbocycles. The van der Waals surface area contributed by atoms with E-state index < -0.39 is 0 Å². The second-order valence-corrected chi connectivity index (χ2v) is 4.64. The zero-order valence-corrected chi connectivity index (χ0v) is 10.3. The van der Waals surface area contributed by atoms with E-state index >= 15 is 0 Å². The molecule has 0 aliphatic heterocycles. The van der Waals surface area contributed by atoms with Crippen molar-refractivity contribution in [1.82, 2.24) is 15.3 Å². The van der Waals surface area contributed by atoms with E-state index in [9.17, 15) is 5.11 Å². The SMILES string of the molecule is CCC(C)(CO)CNCCCc1ncc[nH]1. The second-order valence-electron chi connectivity index (χ2n) is 4.64. The lowest BCUT2D eigenvalue weighted by molar-refractivity contribution is 0.135. The second kappa shape index (κ2) is 6.66. The summed E-state index contributed by atoms with van der Waals surface area (Å²) in [6.07, 6.45) is 6.67. The van der Waals surface area contributed by atoms with Crippen molar-refractivity contribution < 1.29 is 5.11 Å². The van der Waals surface area contributed by atoms with Crippen LogP contribution in [-0.4, -0.2) is 34.8 Å². The average Bonchev–Trinajstić information content (AvgIpc) is 2.81. The summed E-state index contributed by atoms with van der Waals surface area (Å²) < 4.78 is 0. The van der Waals surface area contributed by atoms with E-state index in [1.807, 2.05) is 6.20 Å². The van der Waals surface area contributed by atoms with Crippen LogP contribution in [0.4, 0.5) is 0 Å². The van der Waals surface area contributed by atoms with Crippen molar-refractivity contribution in [1.29, 1.82) is 0 Å². The third-order valence-electron chi connectivity index (χ3n) is 3.11. The highest BCUT2D eigenvalue weighted by atomic mass is 16.3. The fourth-order valence-electron chi connectivity index (χ4n) is 1.50. The molecule has 0 fully saturated rings.